The summed E-state index contributed by atoms with van der Waals surface area (Å²) in [4.78, 5) is 2.32. The molecule has 4 heteroatoms. The summed E-state index contributed by atoms with van der Waals surface area (Å²) in [5.41, 5.74) is 7.03. The number of benzene rings is 7. The van der Waals surface area contributed by atoms with E-state index in [1.807, 2.05) is 22.7 Å². The second-order valence-electron chi connectivity index (χ2n) is 11.7. The SMILES string of the molecule is c1ccc(N(c2ccccc2)c2ccc(-n3c4ccc5sc6ccccc6c5c4c4c5c(ccc43)sc3ccccc35)cc2)cc1. The second kappa shape index (κ2) is 10.0. The van der Waals surface area contributed by atoms with Gasteiger partial charge in [0.25, 0.3) is 0 Å². The highest BCUT2D eigenvalue weighted by Gasteiger charge is 2.22. The van der Waals surface area contributed by atoms with Crippen molar-refractivity contribution in [2.24, 2.45) is 0 Å². The van der Waals surface area contributed by atoms with Gasteiger partial charge in [-0.15, -0.1) is 22.7 Å². The Kier molecular flexibility index (Phi) is 5.65. The molecule has 0 amide bonds. The van der Waals surface area contributed by atoms with Gasteiger partial charge in [0.2, 0.25) is 0 Å². The molecule has 0 saturated heterocycles. The van der Waals surface area contributed by atoms with Gasteiger partial charge in [0.1, 0.15) is 0 Å². The lowest BCUT2D eigenvalue weighted by atomic mass is 10.0. The third-order valence-corrected chi connectivity index (χ3v) is 11.4. The van der Waals surface area contributed by atoms with Gasteiger partial charge in [0.15, 0.2) is 0 Å². The zero-order chi connectivity index (χ0) is 30.2. The molecule has 0 aliphatic heterocycles. The maximum Gasteiger partial charge on any atom is 0.0548 e. The molecule has 216 valence electrons. The van der Waals surface area contributed by atoms with E-state index in [9.17, 15) is 0 Å². The summed E-state index contributed by atoms with van der Waals surface area (Å²) in [6.07, 6.45) is 0. The van der Waals surface area contributed by atoms with E-state index < -0.39 is 0 Å². The van der Waals surface area contributed by atoms with Gasteiger partial charge in [-0.05, 0) is 84.9 Å². The minimum Gasteiger partial charge on any atom is -0.311 e. The minimum absolute atomic E-state index is 1.12. The first-order valence-electron chi connectivity index (χ1n) is 15.5. The molecule has 3 heterocycles. The fraction of sp³-hybridized carbons (Fsp3) is 0. The quantitative estimate of drug-likeness (QED) is 0.190. The highest BCUT2D eigenvalue weighted by atomic mass is 32.1. The number of thiophene rings is 2. The first-order valence-corrected chi connectivity index (χ1v) is 17.2. The zero-order valence-electron chi connectivity index (χ0n) is 24.7. The van der Waals surface area contributed by atoms with Crippen LogP contribution in [-0.4, -0.2) is 4.57 Å². The second-order valence-corrected chi connectivity index (χ2v) is 13.9. The van der Waals surface area contributed by atoms with Gasteiger partial charge in [-0.3, -0.25) is 0 Å². The van der Waals surface area contributed by atoms with Gasteiger partial charge in [-0.25, -0.2) is 0 Å². The fourth-order valence-electron chi connectivity index (χ4n) is 7.25. The van der Waals surface area contributed by atoms with Gasteiger partial charge in [0, 0.05) is 73.9 Å². The zero-order valence-corrected chi connectivity index (χ0v) is 26.4. The van der Waals surface area contributed by atoms with Crippen LogP contribution in [0.2, 0.25) is 0 Å². The molecule has 3 aromatic heterocycles. The van der Waals surface area contributed by atoms with E-state index in [-0.39, 0.29) is 0 Å². The Hall–Kier alpha value is -5.42. The molecule has 7 aromatic carbocycles. The summed E-state index contributed by atoms with van der Waals surface area (Å²) in [6, 6.07) is 57.3. The van der Waals surface area contributed by atoms with Gasteiger partial charge in [-0.2, -0.15) is 0 Å². The molecule has 0 N–H and O–H groups in total. The summed E-state index contributed by atoms with van der Waals surface area (Å²) in [5.74, 6) is 0. The van der Waals surface area contributed by atoms with Crippen molar-refractivity contribution in [3.63, 3.8) is 0 Å². The molecule has 0 saturated carbocycles. The van der Waals surface area contributed by atoms with E-state index in [4.69, 9.17) is 0 Å². The Morgan fingerprint density at radius 2 is 0.783 bits per heavy atom. The molecule has 0 atom stereocenters. The van der Waals surface area contributed by atoms with Crippen molar-refractivity contribution in [2.75, 3.05) is 4.90 Å². The molecule has 10 rings (SSSR count). The molecule has 0 aliphatic rings. The van der Waals surface area contributed by atoms with Crippen molar-refractivity contribution < 1.29 is 0 Å². The highest BCUT2D eigenvalue weighted by molar-refractivity contribution is 7.26. The molecule has 2 nitrogen and oxygen atoms in total. The van der Waals surface area contributed by atoms with Gasteiger partial charge < -0.3 is 9.47 Å². The van der Waals surface area contributed by atoms with Crippen LogP contribution in [0.5, 0.6) is 0 Å². The Morgan fingerprint density at radius 1 is 0.348 bits per heavy atom. The number of para-hydroxylation sites is 2. The molecule has 0 aliphatic carbocycles. The lowest BCUT2D eigenvalue weighted by molar-refractivity contribution is 1.18. The number of rotatable bonds is 4. The minimum atomic E-state index is 1.12. The molecule has 0 radical (unpaired) electrons. The molecule has 0 bridgehead atoms. The average molecular weight is 623 g/mol. The standard InChI is InChI=1S/C42H26N2S2/c1-3-11-27(12-4-1)43(28-13-5-2-6-14-28)29-19-21-30(22-20-29)44-33-23-25-37-39(31-15-7-9-17-35(31)45-37)41(33)42-34(44)24-26-38-40(42)32-16-8-10-18-36(32)46-38/h1-26H. The summed E-state index contributed by atoms with van der Waals surface area (Å²) in [5, 5.41) is 8.08. The number of fused-ring (bicyclic) bond motifs is 11. The number of nitrogens with zero attached hydrogens (tertiary/aromatic N) is 2. The predicted octanol–water partition coefficient (Wildman–Crippen LogP) is 13.0. The summed E-state index contributed by atoms with van der Waals surface area (Å²) in [7, 11) is 0. The van der Waals surface area contributed by atoms with Crippen molar-refractivity contribution in [3.05, 3.63) is 158 Å². The van der Waals surface area contributed by atoms with Crippen LogP contribution >= 0.6 is 22.7 Å². The lowest BCUT2D eigenvalue weighted by Gasteiger charge is -2.25. The van der Waals surface area contributed by atoms with E-state index >= 15 is 0 Å². The maximum absolute atomic E-state index is 2.47. The number of hydrogen-bond acceptors (Lipinski definition) is 3. The predicted molar refractivity (Wildman–Crippen MR) is 201 cm³/mol. The van der Waals surface area contributed by atoms with Crippen LogP contribution in [0.4, 0.5) is 17.1 Å². The molecular formula is C42H26N2S2. The first kappa shape index (κ1) is 25.9. The van der Waals surface area contributed by atoms with Crippen LogP contribution in [0.1, 0.15) is 0 Å². The van der Waals surface area contributed by atoms with E-state index in [0.717, 1.165) is 22.7 Å². The van der Waals surface area contributed by atoms with Gasteiger partial charge in [-0.1, -0.05) is 72.8 Å². The number of hydrogen-bond donors (Lipinski definition) is 0. The summed E-state index contributed by atoms with van der Waals surface area (Å²) >= 11 is 3.78. The van der Waals surface area contributed by atoms with Gasteiger partial charge >= 0.3 is 0 Å². The van der Waals surface area contributed by atoms with Crippen molar-refractivity contribution in [2.45, 2.75) is 0 Å². The van der Waals surface area contributed by atoms with E-state index in [1.54, 1.807) is 0 Å². The van der Waals surface area contributed by atoms with Crippen LogP contribution in [0.3, 0.4) is 0 Å². The molecule has 0 fully saturated rings. The third-order valence-electron chi connectivity index (χ3n) is 9.17. The van der Waals surface area contributed by atoms with Crippen LogP contribution in [0, 0.1) is 0 Å². The van der Waals surface area contributed by atoms with Gasteiger partial charge in [0.05, 0.1) is 11.0 Å². The average Bonchev–Trinajstić information content (AvgIpc) is 3.79. The summed E-state index contributed by atoms with van der Waals surface area (Å²) < 4.78 is 7.81. The van der Waals surface area contributed by atoms with E-state index in [0.29, 0.717) is 0 Å². The van der Waals surface area contributed by atoms with E-state index in [1.165, 1.54) is 62.2 Å². The van der Waals surface area contributed by atoms with Crippen molar-refractivity contribution in [1.82, 2.24) is 4.57 Å². The Morgan fingerprint density at radius 3 is 1.28 bits per heavy atom. The molecule has 10 aromatic rings. The van der Waals surface area contributed by atoms with Crippen molar-refractivity contribution in [1.29, 1.82) is 0 Å². The molecule has 0 unspecified atom stereocenters. The number of aromatic nitrogens is 1. The third kappa shape index (κ3) is 3.75. The fourth-order valence-corrected chi connectivity index (χ4v) is 9.48. The Balaban J connectivity index is 1.28. The van der Waals surface area contributed by atoms with Crippen LogP contribution in [0.25, 0.3) is 67.8 Å². The van der Waals surface area contributed by atoms with Crippen molar-refractivity contribution in [3.8, 4) is 5.69 Å². The molecule has 46 heavy (non-hydrogen) atoms. The van der Waals surface area contributed by atoms with Crippen molar-refractivity contribution >= 4 is 102 Å². The normalized spacial score (nSPS) is 11.9. The Labute approximate surface area is 273 Å². The topological polar surface area (TPSA) is 8.17 Å². The summed E-state index contributed by atoms with van der Waals surface area (Å²) in [6.45, 7) is 0. The Bertz CT molecular complexity index is 2570. The van der Waals surface area contributed by atoms with Crippen LogP contribution in [0.15, 0.2) is 158 Å². The van der Waals surface area contributed by atoms with Crippen LogP contribution < -0.4 is 4.90 Å². The number of anilines is 3. The maximum atomic E-state index is 2.47. The van der Waals surface area contributed by atoms with Crippen LogP contribution in [-0.2, 0) is 0 Å². The monoisotopic (exact) mass is 622 g/mol. The van der Waals surface area contributed by atoms with E-state index in [2.05, 4.69) is 167 Å². The first-order chi connectivity index (χ1) is 22.8. The molecular weight excluding hydrogens is 597 g/mol. The highest BCUT2D eigenvalue weighted by Crippen LogP contribution is 2.48. The smallest absolute Gasteiger partial charge is 0.0548 e. The molecule has 0 spiro atoms. The lowest BCUT2D eigenvalue weighted by Crippen LogP contribution is -2.09. The largest absolute Gasteiger partial charge is 0.311 e.